The maximum atomic E-state index is 10.1. The van der Waals surface area contributed by atoms with Crippen molar-refractivity contribution >= 4 is 29.2 Å². The molecule has 4 N–H and O–H groups in total. The molecule has 0 atom stereocenters. The van der Waals surface area contributed by atoms with Crippen molar-refractivity contribution < 1.29 is 10.2 Å². The molecule has 1 heterocycles. The lowest BCUT2D eigenvalue weighted by molar-refractivity contribution is 0.280. The molecule has 7 heteroatoms. The van der Waals surface area contributed by atoms with Crippen LogP contribution in [-0.4, -0.2) is 26.5 Å². The van der Waals surface area contributed by atoms with Gasteiger partial charge < -0.3 is 15.5 Å². The number of unbranched alkanes of at least 4 members (excludes halogenated alkanes) is 1. The van der Waals surface area contributed by atoms with Crippen molar-refractivity contribution in [1.29, 1.82) is 0 Å². The Kier molecular flexibility index (Phi) is 7.50. The number of anilines is 1. The van der Waals surface area contributed by atoms with Gasteiger partial charge in [-0.1, -0.05) is 25.5 Å². The van der Waals surface area contributed by atoms with Crippen LogP contribution in [0.2, 0.25) is 0 Å². The highest BCUT2D eigenvalue weighted by atomic mass is 32.1. The number of rotatable bonds is 7. The number of aromatic hydroxyl groups is 1. The smallest absolute Gasteiger partial charge is 0.191 e. The summed E-state index contributed by atoms with van der Waals surface area (Å²) in [7, 11) is 0. The summed E-state index contributed by atoms with van der Waals surface area (Å²) in [4.78, 5) is 4.00. The molecule has 138 valence electrons. The minimum atomic E-state index is -0.241. The van der Waals surface area contributed by atoms with E-state index >= 15 is 0 Å². The highest BCUT2D eigenvalue weighted by Gasteiger charge is 2.09. The van der Waals surface area contributed by atoms with Gasteiger partial charge in [0.2, 0.25) is 0 Å². The predicted octanol–water partition coefficient (Wildman–Crippen LogP) is 3.25. The van der Waals surface area contributed by atoms with Gasteiger partial charge in [0.25, 0.3) is 0 Å². The first-order valence-electron chi connectivity index (χ1n) is 8.52. The quantitative estimate of drug-likeness (QED) is 0.339. The van der Waals surface area contributed by atoms with Crippen LogP contribution in [-0.2, 0) is 13.0 Å². The molecule has 0 saturated carbocycles. The Balaban J connectivity index is 1.95. The molecule has 2 rings (SSSR count). The average molecular weight is 372 g/mol. The van der Waals surface area contributed by atoms with Crippen LogP contribution in [0.25, 0.3) is 0 Å². The summed E-state index contributed by atoms with van der Waals surface area (Å²) in [6.07, 6.45) is 6.35. The summed E-state index contributed by atoms with van der Waals surface area (Å²) in [5, 5.41) is 26.8. The van der Waals surface area contributed by atoms with Gasteiger partial charge in [0.05, 0.1) is 18.5 Å². The molecule has 0 spiro atoms. The van der Waals surface area contributed by atoms with Gasteiger partial charge in [0.1, 0.15) is 5.75 Å². The first kappa shape index (κ1) is 19.8. The molecule has 0 fully saturated rings. The molecule has 0 aliphatic carbocycles. The van der Waals surface area contributed by atoms with E-state index in [1.165, 1.54) is 30.8 Å². The van der Waals surface area contributed by atoms with E-state index in [4.69, 9.17) is 12.2 Å². The largest absolute Gasteiger partial charge is 0.505 e. The number of aryl methyl sites for hydroxylation is 2. The van der Waals surface area contributed by atoms with Gasteiger partial charge in [-0.05, 0) is 49.7 Å². The number of hydrazone groups is 1. The van der Waals surface area contributed by atoms with Crippen LogP contribution in [0.1, 0.15) is 42.1 Å². The molecule has 0 bridgehead atoms. The van der Waals surface area contributed by atoms with Crippen LogP contribution in [0.4, 0.5) is 5.69 Å². The Labute approximate surface area is 159 Å². The van der Waals surface area contributed by atoms with Crippen molar-refractivity contribution in [2.24, 2.45) is 5.10 Å². The van der Waals surface area contributed by atoms with Gasteiger partial charge in [-0.15, -0.1) is 0 Å². The van der Waals surface area contributed by atoms with E-state index in [1.54, 1.807) is 6.92 Å². The minimum Gasteiger partial charge on any atom is -0.505 e. The number of nitrogens with one attached hydrogen (secondary N) is 2. The van der Waals surface area contributed by atoms with Gasteiger partial charge in [-0.25, -0.2) is 0 Å². The third-order valence-corrected chi connectivity index (χ3v) is 4.11. The SMILES string of the molecule is CCCCc1ccc(NC(=S)N/N=C/c2c(CO)cnc(C)c2O)cc1. The standard InChI is InChI=1S/C19H24N4O2S/c1-3-4-5-14-6-8-16(9-7-14)22-19(26)23-21-11-17-15(12-24)10-20-13(2)18(17)25/h6-11,24-25H,3-5,12H2,1-2H3,(H2,22,23,26)/b21-11+. The molecule has 0 unspecified atom stereocenters. The molecule has 1 aromatic carbocycles. The zero-order chi connectivity index (χ0) is 18.9. The van der Waals surface area contributed by atoms with E-state index in [1.807, 2.05) is 12.1 Å². The van der Waals surface area contributed by atoms with E-state index in [0.717, 1.165) is 12.1 Å². The van der Waals surface area contributed by atoms with Gasteiger partial charge in [-0.3, -0.25) is 10.4 Å². The number of thiocarbonyl (C=S) groups is 1. The number of pyridine rings is 1. The highest BCUT2D eigenvalue weighted by molar-refractivity contribution is 7.80. The second-order valence-corrected chi connectivity index (χ2v) is 6.32. The molecule has 0 saturated heterocycles. The molecule has 6 nitrogen and oxygen atoms in total. The number of hydrogen-bond acceptors (Lipinski definition) is 5. The Bertz CT molecular complexity index is 776. The van der Waals surface area contributed by atoms with E-state index < -0.39 is 0 Å². The highest BCUT2D eigenvalue weighted by Crippen LogP contribution is 2.21. The Hall–Kier alpha value is -2.51. The zero-order valence-electron chi connectivity index (χ0n) is 15.0. The van der Waals surface area contributed by atoms with Crippen molar-refractivity contribution in [2.75, 3.05) is 5.32 Å². The number of aliphatic hydroxyl groups excluding tert-OH is 1. The Morgan fingerprint density at radius 2 is 2.04 bits per heavy atom. The minimum absolute atomic E-state index is 0.0105. The molecular formula is C19H24N4O2S. The van der Waals surface area contributed by atoms with Crippen LogP contribution >= 0.6 is 12.2 Å². The molecule has 2 aromatic rings. The lowest BCUT2D eigenvalue weighted by atomic mass is 10.1. The fourth-order valence-corrected chi connectivity index (χ4v) is 2.54. The maximum Gasteiger partial charge on any atom is 0.191 e. The summed E-state index contributed by atoms with van der Waals surface area (Å²) in [5.41, 5.74) is 6.24. The normalized spacial score (nSPS) is 10.9. The average Bonchev–Trinajstić information content (AvgIpc) is 2.64. The molecule has 0 aliphatic rings. The molecule has 1 aromatic heterocycles. The van der Waals surface area contributed by atoms with Crippen LogP contribution in [0.3, 0.4) is 0 Å². The van der Waals surface area contributed by atoms with Gasteiger partial charge in [0, 0.05) is 23.0 Å². The number of aliphatic hydroxyl groups is 1. The van der Waals surface area contributed by atoms with E-state index in [0.29, 0.717) is 21.9 Å². The van der Waals surface area contributed by atoms with E-state index in [2.05, 4.69) is 39.9 Å². The molecule has 26 heavy (non-hydrogen) atoms. The van der Waals surface area contributed by atoms with Crippen molar-refractivity contribution in [2.45, 2.75) is 39.7 Å². The van der Waals surface area contributed by atoms with Crippen LogP contribution in [0, 0.1) is 6.92 Å². The molecule has 0 aliphatic heterocycles. The van der Waals surface area contributed by atoms with Crippen LogP contribution < -0.4 is 10.7 Å². The summed E-state index contributed by atoms with van der Waals surface area (Å²) >= 11 is 5.21. The van der Waals surface area contributed by atoms with Gasteiger partial charge >= 0.3 is 0 Å². The number of benzene rings is 1. The third kappa shape index (κ3) is 5.50. The van der Waals surface area contributed by atoms with E-state index in [-0.39, 0.29) is 12.4 Å². The topological polar surface area (TPSA) is 89.8 Å². The van der Waals surface area contributed by atoms with Crippen LogP contribution in [0.5, 0.6) is 5.75 Å². The summed E-state index contributed by atoms with van der Waals surface area (Å²) in [5.74, 6) is -0.0105. The monoisotopic (exact) mass is 372 g/mol. The van der Waals surface area contributed by atoms with Gasteiger partial charge in [0.15, 0.2) is 5.11 Å². The summed E-state index contributed by atoms with van der Waals surface area (Å²) in [6.45, 7) is 3.62. The third-order valence-electron chi connectivity index (χ3n) is 3.92. The summed E-state index contributed by atoms with van der Waals surface area (Å²) in [6, 6.07) is 8.11. The number of hydrogen-bond donors (Lipinski definition) is 4. The molecule has 0 radical (unpaired) electrons. The number of nitrogens with zero attached hydrogens (tertiary/aromatic N) is 2. The fraction of sp³-hybridized carbons (Fsp3) is 0.316. The van der Waals surface area contributed by atoms with Crippen molar-refractivity contribution in [3.05, 3.63) is 52.8 Å². The first-order valence-corrected chi connectivity index (χ1v) is 8.93. The molecular weight excluding hydrogens is 348 g/mol. The summed E-state index contributed by atoms with van der Waals surface area (Å²) < 4.78 is 0. The first-order chi connectivity index (χ1) is 12.5. The second kappa shape index (κ2) is 9.84. The van der Waals surface area contributed by atoms with E-state index in [9.17, 15) is 10.2 Å². The second-order valence-electron chi connectivity index (χ2n) is 5.91. The Morgan fingerprint density at radius 1 is 1.31 bits per heavy atom. The Morgan fingerprint density at radius 3 is 2.69 bits per heavy atom. The zero-order valence-corrected chi connectivity index (χ0v) is 15.8. The van der Waals surface area contributed by atoms with Crippen molar-refractivity contribution in [3.8, 4) is 5.75 Å². The molecule has 0 amide bonds. The van der Waals surface area contributed by atoms with Crippen molar-refractivity contribution in [1.82, 2.24) is 10.4 Å². The lowest BCUT2D eigenvalue weighted by Crippen LogP contribution is -2.23. The van der Waals surface area contributed by atoms with Gasteiger partial charge in [-0.2, -0.15) is 5.10 Å². The lowest BCUT2D eigenvalue weighted by Gasteiger charge is -2.09. The van der Waals surface area contributed by atoms with Crippen molar-refractivity contribution in [3.63, 3.8) is 0 Å². The predicted molar refractivity (Wildman–Crippen MR) is 109 cm³/mol. The maximum absolute atomic E-state index is 10.1. The van der Waals surface area contributed by atoms with Crippen LogP contribution in [0.15, 0.2) is 35.6 Å². The fourth-order valence-electron chi connectivity index (χ4n) is 2.37. The number of aromatic nitrogens is 1.